The predicted molar refractivity (Wildman–Crippen MR) is 200 cm³/mol. The molecule has 1 saturated heterocycles. The van der Waals surface area contributed by atoms with Gasteiger partial charge in [-0.05, 0) is 73.9 Å². The number of ether oxygens (including phenoxy) is 2. The van der Waals surface area contributed by atoms with Crippen molar-refractivity contribution in [3.63, 3.8) is 0 Å². The third-order valence-corrected chi connectivity index (χ3v) is 10.5. The molecule has 0 bridgehead atoms. The van der Waals surface area contributed by atoms with E-state index in [9.17, 15) is 9.59 Å². The molecular weight excluding hydrogens is 668 g/mol. The zero-order valence-electron chi connectivity index (χ0n) is 30.1. The number of benzene rings is 5. The van der Waals surface area contributed by atoms with Gasteiger partial charge in [0.05, 0.1) is 12.2 Å². The number of cyclic esters (lactones) is 1. The Labute approximate surface area is 308 Å². The molecule has 1 fully saturated rings. The molecule has 3 heterocycles. The van der Waals surface area contributed by atoms with Crippen LogP contribution in [-0.2, 0) is 48.6 Å². The average molecular weight is 709 g/mol. The number of hydrogen-bond acceptors (Lipinski definition) is 7. The molecular formula is C44H40N2O7. The summed E-state index contributed by atoms with van der Waals surface area (Å²) >= 11 is 0. The number of carbonyl (C=O) groups is 2. The summed E-state index contributed by atoms with van der Waals surface area (Å²) in [6, 6.07) is 38.8. The van der Waals surface area contributed by atoms with E-state index in [-0.39, 0.29) is 25.1 Å². The van der Waals surface area contributed by atoms with Gasteiger partial charge in [0, 0.05) is 58.1 Å². The van der Waals surface area contributed by atoms with E-state index in [1.165, 1.54) is 0 Å². The topological polar surface area (TPSA) is 91.8 Å². The lowest BCUT2D eigenvalue weighted by Crippen LogP contribution is -2.32. The van der Waals surface area contributed by atoms with Crippen LogP contribution in [0.15, 0.2) is 121 Å². The molecule has 0 spiro atoms. The molecule has 1 aromatic heterocycles. The standard InChI is InChI=1S/C44H40N2O7/c1-5-46-30(3)40(36-19-10-12-21-39(36)46)44(38-20-11-9-18-35(38)42(48)52-44)37-23-22-34(24-29(37)2)45(4)41(47)32-15-13-14-31(25-32)26-50-53-51-28-43(27-49-43)33-16-7-6-8-17-33/h6-25H,5,26-28H2,1-4H3. The summed E-state index contributed by atoms with van der Waals surface area (Å²) in [4.78, 5) is 39.7. The molecule has 1 amide bonds. The molecule has 0 aliphatic carbocycles. The number of fused-ring (bicyclic) bond motifs is 2. The number of carbonyl (C=O) groups excluding carboxylic acids is 2. The molecule has 2 aliphatic heterocycles. The summed E-state index contributed by atoms with van der Waals surface area (Å²) in [5.41, 5.74) is 7.37. The fourth-order valence-electron chi connectivity index (χ4n) is 7.78. The van der Waals surface area contributed by atoms with Crippen LogP contribution in [0.3, 0.4) is 0 Å². The van der Waals surface area contributed by atoms with Crippen LogP contribution >= 0.6 is 0 Å². The molecule has 268 valence electrons. The van der Waals surface area contributed by atoms with Crippen molar-refractivity contribution < 1.29 is 33.9 Å². The highest BCUT2D eigenvalue weighted by Crippen LogP contribution is 2.52. The first-order valence-electron chi connectivity index (χ1n) is 17.8. The minimum absolute atomic E-state index is 0.0773. The van der Waals surface area contributed by atoms with Crippen LogP contribution in [0, 0.1) is 13.8 Å². The van der Waals surface area contributed by atoms with E-state index >= 15 is 0 Å². The number of nitrogens with zero attached hydrogens (tertiary/aromatic N) is 2. The molecule has 2 atom stereocenters. The molecule has 2 aliphatic rings. The second-order valence-electron chi connectivity index (χ2n) is 13.6. The fourth-order valence-corrected chi connectivity index (χ4v) is 7.78. The monoisotopic (exact) mass is 708 g/mol. The lowest BCUT2D eigenvalue weighted by molar-refractivity contribution is -0.520. The van der Waals surface area contributed by atoms with Crippen LogP contribution in [0.1, 0.15) is 66.7 Å². The van der Waals surface area contributed by atoms with E-state index in [2.05, 4.69) is 30.5 Å². The highest BCUT2D eigenvalue weighted by atomic mass is 17.5. The van der Waals surface area contributed by atoms with Gasteiger partial charge in [-0.15, -0.1) is 0 Å². The number of anilines is 1. The number of hydrogen-bond donors (Lipinski definition) is 0. The van der Waals surface area contributed by atoms with Crippen LogP contribution in [0.4, 0.5) is 5.69 Å². The third-order valence-electron chi connectivity index (χ3n) is 10.5. The quantitative estimate of drug-likeness (QED) is 0.0415. The van der Waals surface area contributed by atoms with E-state index in [0.29, 0.717) is 23.4 Å². The van der Waals surface area contributed by atoms with E-state index in [1.807, 2.05) is 104 Å². The summed E-state index contributed by atoms with van der Waals surface area (Å²) in [7, 11) is 1.75. The number of epoxide rings is 1. The maximum Gasteiger partial charge on any atom is 0.340 e. The van der Waals surface area contributed by atoms with Crippen LogP contribution in [0.25, 0.3) is 10.9 Å². The second-order valence-corrected chi connectivity index (χ2v) is 13.6. The molecule has 2 unspecified atom stereocenters. The Bertz CT molecular complexity index is 2350. The second kappa shape index (κ2) is 13.8. The van der Waals surface area contributed by atoms with E-state index in [4.69, 9.17) is 24.3 Å². The van der Waals surface area contributed by atoms with Crippen molar-refractivity contribution >= 4 is 28.5 Å². The van der Waals surface area contributed by atoms with Crippen LogP contribution in [0.2, 0.25) is 0 Å². The molecule has 6 aromatic rings. The minimum Gasteiger partial charge on any atom is -0.440 e. The van der Waals surface area contributed by atoms with Crippen molar-refractivity contribution in [1.82, 2.24) is 4.57 Å². The van der Waals surface area contributed by atoms with Crippen molar-refractivity contribution in [3.8, 4) is 0 Å². The van der Waals surface area contributed by atoms with Crippen LogP contribution < -0.4 is 4.90 Å². The predicted octanol–water partition coefficient (Wildman–Crippen LogP) is 8.32. The number of aryl methyl sites for hydroxylation is 2. The Morgan fingerprint density at radius 2 is 1.60 bits per heavy atom. The lowest BCUT2D eigenvalue weighted by atomic mass is 9.77. The summed E-state index contributed by atoms with van der Waals surface area (Å²) in [5, 5.41) is 6.05. The third kappa shape index (κ3) is 5.92. The van der Waals surface area contributed by atoms with Gasteiger partial charge in [0.1, 0.15) is 18.8 Å². The zero-order valence-corrected chi connectivity index (χ0v) is 30.1. The molecule has 9 heteroatoms. The molecule has 0 saturated carbocycles. The first-order valence-corrected chi connectivity index (χ1v) is 17.8. The van der Waals surface area contributed by atoms with Gasteiger partial charge >= 0.3 is 5.97 Å². The maximum absolute atomic E-state index is 13.8. The van der Waals surface area contributed by atoms with Gasteiger partial charge in [-0.25, -0.2) is 14.6 Å². The van der Waals surface area contributed by atoms with Gasteiger partial charge in [-0.1, -0.05) is 90.0 Å². The fraction of sp³-hybridized carbons (Fsp3) is 0.227. The van der Waals surface area contributed by atoms with E-state index < -0.39 is 11.2 Å². The number of rotatable bonds is 12. The normalized spacial score (nSPS) is 18.9. The summed E-state index contributed by atoms with van der Waals surface area (Å²) in [6.45, 7) is 7.79. The van der Waals surface area contributed by atoms with Crippen LogP contribution in [-0.4, -0.2) is 36.7 Å². The van der Waals surface area contributed by atoms with Gasteiger partial charge in [-0.2, -0.15) is 0 Å². The van der Waals surface area contributed by atoms with Crippen molar-refractivity contribution in [3.05, 3.63) is 172 Å². The van der Waals surface area contributed by atoms with Crippen molar-refractivity contribution in [2.75, 3.05) is 25.2 Å². The van der Waals surface area contributed by atoms with Gasteiger partial charge < -0.3 is 18.9 Å². The first kappa shape index (κ1) is 34.5. The van der Waals surface area contributed by atoms with Crippen molar-refractivity contribution in [2.45, 2.75) is 45.1 Å². The average Bonchev–Trinajstić information content (AvgIpc) is 3.85. The van der Waals surface area contributed by atoms with Gasteiger partial charge in [0.2, 0.25) is 0 Å². The first-order chi connectivity index (χ1) is 25.8. The molecule has 5 aromatic carbocycles. The van der Waals surface area contributed by atoms with E-state index in [0.717, 1.165) is 56.5 Å². The Kier molecular flexibility index (Phi) is 8.96. The minimum atomic E-state index is -1.18. The maximum atomic E-state index is 13.8. The Balaban J connectivity index is 1.03. The number of amides is 1. The molecule has 9 nitrogen and oxygen atoms in total. The molecule has 0 N–H and O–H groups in total. The summed E-state index contributed by atoms with van der Waals surface area (Å²) < 4.78 is 14.5. The highest BCUT2D eigenvalue weighted by molar-refractivity contribution is 6.06. The Morgan fingerprint density at radius 1 is 0.849 bits per heavy atom. The van der Waals surface area contributed by atoms with Gasteiger partial charge in [0.15, 0.2) is 5.60 Å². The van der Waals surface area contributed by atoms with Crippen LogP contribution in [0.5, 0.6) is 0 Å². The molecule has 0 radical (unpaired) electrons. The van der Waals surface area contributed by atoms with Gasteiger partial charge in [0.25, 0.3) is 5.91 Å². The zero-order chi connectivity index (χ0) is 36.7. The van der Waals surface area contributed by atoms with E-state index in [1.54, 1.807) is 24.1 Å². The largest absolute Gasteiger partial charge is 0.440 e. The number of aromatic nitrogens is 1. The highest BCUT2D eigenvalue weighted by Gasteiger charge is 2.52. The number of para-hydroxylation sites is 1. The summed E-state index contributed by atoms with van der Waals surface area (Å²) in [5.74, 6) is -0.556. The van der Waals surface area contributed by atoms with Gasteiger partial charge in [-0.3, -0.25) is 4.79 Å². The SMILES string of the molecule is CCn1c(C)c(C2(c3ccc(N(C)C(=O)c4cccc(COOOCC5(c6ccccc6)CO5)c4)cc3C)OC(=O)c3ccccc32)c2ccccc21. The van der Waals surface area contributed by atoms with Crippen molar-refractivity contribution in [1.29, 1.82) is 0 Å². The molecule has 53 heavy (non-hydrogen) atoms. The summed E-state index contributed by atoms with van der Waals surface area (Å²) in [6.07, 6.45) is 0. The Hall–Kier alpha value is -5.58. The lowest BCUT2D eigenvalue weighted by Gasteiger charge is -2.33. The van der Waals surface area contributed by atoms with Crippen molar-refractivity contribution in [2.24, 2.45) is 0 Å². The smallest absolute Gasteiger partial charge is 0.340 e. The Morgan fingerprint density at radius 3 is 2.38 bits per heavy atom. The number of esters is 1. The molecule has 8 rings (SSSR count).